The minimum atomic E-state index is -0.767. The normalized spacial score (nSPS) is 21.3. The van der Waals surface area contributed by atoms with E-state index in [2.05, 4.69) is 65.0 Å². The van der Waals surface area contributed by atoms with E-state index >= 15 is 0 Å². The van der Waals surface area contributed by atoms with Crippen LogP contribution < -0.4 is 28.8 Å². The molecule has 116 valence electrons. The van der Waals surface area contributed by atoms with Gasteiger partial charge in [-0.2, -0.15) is 0 Å². The monoisotopic (exact) mass is 377 g/mol. The van der Waals surface area contributed by atoms with Crippen LogP contribution >= 0.6 is 0 Å². The second kappa shape index (κ2) is 7.70. The van der Waals surface area contributed by atoms with Crippen LogP contribution in [0.4, 0.5) is 0 Å². The molecule has 1 aromatic rings. The molecule has 5 heteroatoms. The maximum absolute atomic E-state index is 3.48. The Morgan fingerprint density at radius 1 is 1.05 bits per heavy atom. The Kier molecular flexibility index (Phi) is 7.80. The molecule has 0 saturated heterocycles. The van der Waals surface area contributed by atoms with Crippen LogP contribution in [0.25, 0.3) is 0 Å². The van der Waals surface area contributed by atoms with Crippen LogP contribution in [-0.4, -0.2) is 13.8 Å². The van der Waals surface area contributed by atoms with Gasteiger partial charge in [0.25, 0.3) is 0 Å². The number of aryl methyl sites for hydroxylation is 1. The maximum atomic E-state index is 3.48. The smallest absolute Gasteiger partial charge is 1.00 e. The number of halogens is 2. The molecule has 1 aliphatic rings. The second-order valence-corrected chi connectivity index (χ2v) is 11.7. The van der Waals surface area contributed by atoms with Crippen LogP contribution in [0.15, 0.2) is 32.9 Å². The van der Waals surface area contributed by atoms with E-state index in [1.165, 1.54) is 9.56 Å². The van der Waals surface area contributed by atoms with Crippen LogP contribution in [0, 0.1) is 6.92 Å². The molecule has 0 saturated carbocycles. The summed E-state index contributed by atoms with van der Waals surface area (Å²) in [5, 5.41) is 0.408. The molecule has 0 spiro atoms. The Hall–Kier alpha value is 0.271. The number of hydrogen-bond donors (Lipinski definition) is 1. The topological polar surface area (TPSA) is 15.8 Å². The molecule has 1 aliphatic carbocycles. The fourth-order valence-electron chi connectivity index (χ4n) is 3.09. The number of allylic oxidation sites excluding steroid dienone is 4. The van der Waals surface area contributed by atoms with Gasteiger partial charge in [-0.3, -0.25) is 0 Å². The van der Waals surface area contributed by atoms with E-state index in [4.69, 9.17) is 0 Å². The Morgan fingerprint density at radius 3 is 2.05 bits per heavy atom. The van der Waals surface area contributed by atoms with Crippen LogP contribution in [0.2, 0.25) is 18.1 Å². The number of aromatic nitrogens is 1. The summed E-state index contributed by atoms with van der Waals surface area (Å²) in [5.74, 6) is 0. The van der Waals surface area contributed by atoms with Gasteiger partial charge in [-0.1, -0.05) is 0 Å². The summed E-state index contributed by atoms with van der Waals surface area (Å²) in [6.45, 7) is 16.8. The van der Waals surface area contributed by atoms with Crippen molar-refractivity contribution in [1.82, 2.24) is 4.98 Å². The molecule has 1 N–H and O–H groups in total. The summed E-state index contributed by atoms with van der Waals surface area (Å²) in [6, 6.07) is 2.21. The van der Waals surface area contributed by atoms with E-state index in [9.17, 15) is 0 Å². The number of nitrogens with one attached hydrogen (secondary N) is 1. The van der Waals surface area contributed by atoms with E-state index in [1.807, 2.05) is 0 Å². The minimum absolute atomic E-state index is 0. The van der Waals surface area contributed by atoms with Crippen LogP contribution in [0.1, 0.15) is 33.3 Å². The second-order valence-electron chi connectivity index (χ2n) is 6.27. The van der Waals surface area contributed by atoms with E-state index in [1.54, 1.807) is 20.6 Å². The van der Waals surface area contributed by atoms with Crippen LogP contribution in [-0.2, 0) is 19.2 Å². The molecule has 0 aliphatic heterocycles. The van der Waals surface area contributed by atoms with Crippen molar-refractivity contribution in [2.45, 2.75) is 52.8 Å². The Labute approximate surface area is 152 Å². The molecule has 0 bridgehead atoms. The summed E-state index contributed by atoms with van der Waals surface area (Å²) < 4.78 is 3.30. The van der Waals surface area contributed by atoms with Gasteiger partial charge in [0.15, 0.2) is 0 Å². The Balaban J connectivity index is 0.00000200. The summed E-state index contributed by atoms with van der Waals surface area (Å²) in [6.07, 6.45) is 2.09. The zero-order valence-corrected chi connectivity index (χ0v) is 18.2. The van der Waals surface area contributed by atoms with E-state index in [0.717, 1.165) is 0 Å². The standard InChI is InChI=1S/C11H19Si.C5H6N.2ClH.Ti/c1-8-7-11(4,12(5)6)10(3)9(8)2;1-5-2-3-6-4-5;;;/h12H,1-6H3;2-3,6H,1H3;2*1H;/q;;;;+2/p-2. The van der Waals surface area contributed by atoms with Crippen molar-refractivity contribution in [3.8, 4) is 0 Å². The minimum Gasteiger partial charge on any atom is -1.00 e. The van der Waals surface area contributed by atoms with Gasteiger partial charge in [0.2, 0.25) is 0 Å². The SMILES string of the molecule is CC1=C(C)C(C)([SiH](C)C)[C]([Ti+2][c]2[nH]ccc2C)=C1C.[Cl-].[Cl-]. The van der Waals surface area contributed by atoms with Crippen molar-refractivity contribution < 1.29 is 44.0 Å². The molecule has 21 heavy (non-hydrogen) atoms. The number of aromatic amines is 1. The summed E-state index contributed by atoms with van der Waals surface area (Å²) in [5.41, 5.74) is 6.24. The van der Waals surface area contributed by atoms with Gasteiger partial charge < -0.3 is 24.8 Å². The largest absolute Gasteiger partial charge is 1.00 e. The molecule has 1 unspecified atom stereocenters. The molecule has 1 atom stereocenters. The van der Waals surface area contributed by atoms with Crippen LogP contribution in [0.5, 0.6) is 0 Å². The average Bonchev–Trinajstić information content (AvgIpc) is 2.83. The molecular weight excluding hydrogens is 353 g/mol. The number of hydrogen-bond acceptors (Lipinski definition) is 0. The molecule has 0 radical (unpaired) electrons. The van der Waals surface area contributed by atoms with Gasteiger partial charge in [0.1, 0.15) is 0 Å². The third-order valence-corrected chi connectivity index (χ3v) is 11.7. The van der Waals surface area contributed by atoms with Crippen molar-refractivity contribution >= 4 is 12.8 Å². The van der Waals surface area contributed by atoms with Crippen molar-refractivity contribution in [3.05, 3.63) is 38.4 Å². The molecule has 2 rings (SSSR count). The van der Waals surface area contributed by atoms with Gasteiger partial charge in [0, 0.05) is 0 Å². The van der Waals surface area contributed by atoms with E-state index in [-0.39, 0.29) is 44.0 Å². The first kappa shape index (κ1) is 21.3. The molecule has 1 aromatic heterocycles. The molecular formula is C16H25Cl2NSiTi. The summed E-state index contributed by atoms with van der Waals surface area (Å²) in [7, 11) is -0.767. The fourth-order valence-corrected chi connectivity index (χ4v) is 8.97. The summed E-state index contributed by atoms with van der Waals surface area (Å²) in [4.78, 5) is 3.48. The zero-order valence-electron chi connectivity index (χ0n) is 14.0. The quantitative estimate of drug-likeness (QED) is 0.581. The first-order valence-corrected chi connectivity index (χ1v) is 11.6. The third-order valence-electron chi connectivity index (χ3n) is 5.16. The predicted molar refractivity (Wildman–Crippen MR) is 83.5 cm³/mol. The van der Waals surface area contributed by atoms with E-state index in [0.29, 0.717) is 5.04 Å². The Bertz CT molecular complexity index is 575. The molecule has 0 aromatic carbocycles. The fraction of sp³-hybridized carbons (Fsp3) is 0.500. The van der Waals surface area contributed by atoms with Crippen molar-refractivity contribution in [3.63, 3.8) is 0 Å². The summed E-state index contributed by atoms with van der Waals surface area (Å²) >= 11 is -0.218. The molecule has 0 amide bonds. The van der Waals surface area contributed by atoms with E-state index < -0.39 is 8.80 Å². The van der Waals surface area contributed by atoms with Gasteiger partial charge >= 0.3 is 128 Å². The van der Waals surface area contributed by atoms with Crippen molar-refractivity contribution in [1.29, 1.82) is 0 Å². The molecule has 1 heterocycles. The number of H-pyrrole nitrogens is 1. The van der Waals surface area contributed by atoms with Crippen molar-refractivity contribution in [2.75, 3.05) is 0 Å². The molecule has 0 fully saturated rings. The maximum Gasteiger partial charge on any atom is -1.00 e. The van der Waals surface area contributed by atoms with Gasteiger partial charge in [-0.15, -0.1) is 0 Å². The van der Waals surface area contributed by atoms with Gasteiger partial charge in [-0.25, -0.2) is 0 Å². The average molecular weight is 378 g/mol. The first-order valence-electron chi connectivity index (χ1n) is 7.10. The van der Waals surface area contributed by atoms with Crippen molar-refractivity contribution in [2.24, 2.45) is 0 Å². The zero-order chi connectivity index (χ0) is 14.4. The van der Waals surface area contributed by atoms with Gasteiger partial charge in [0.05, 0.1) is 0 Å². The molecule has 1 nitrogen and oxygen atoms in total. The predicted octanol–water partition coefficient (Wildman–Crippen LogP) is -2.09. The van der Waals surface area contributed by atoms with Gasteiger partial charge in [-0.05, 0) is 0 Å². The number of rotatable bonds is 3. The van der Waals surface area contributed by atoms with Crippen LogP contribution in [0.3, 0.4) is 0 Å². The first-order chi connectivity index (χ1) is 8.80. The Morgan fingerprint density at radius 2 is 1.62 bits per heavy atom. The third kappa shape index (κ3) is 3.45.